The quantitative estimate of drug-likeness (QED) is 0.546. The van der Waals surface area contributed by atoms with E-state index in [-0.39, 0.29) is 12.5 Å². The first-order valence-electron chi connectivity index (χ1n) is 6.64. The van der Waals surface area contributed by atoms with Gasteiger partial charge in [-0.15, -0.1) is 0 Å². The van der Waals surface area contributed by atoms with Crippen LogP contribution in [0.3, 0.4) is 0 Å². The highest BCUT2D eigenvalue weighted by molar-refractivity contribution is 5.79. The number of rotatable bonds is 6. The summed E-state index contributed by atoms with van der Waals surface area (Å²) in [4.78, 5) is 22.2. The Bertz CT molecular complexity index is 282. The molecule has 1 fully saturated rings. The first kappa shape index (κ1) is 15.0. The molecule has 1 aliphatic carbocycles. The summed E-state index contributed by atoms with van der Waals surface area (Å²) in [5, 5.41) is 12.6. The molecule has 1 aliphatic rings. The zero-order chi connectivity index (χ0) is 13.5. The summed E-state index contributed by atoms with van der Waals surface area (Å²) < 4.78 is 4.88. The normalized spacial score (nSPS) is 27.1. The van der Waals surface area contributed by atoms with Gasteiger partial charge in [0.15, 0.2) is 6.04 Å². The van der Waals surface area contributed by atoms with E-state index in [0.717, 1.165) is 25.7 Å². The monoisotopic (exact) mass is 257 g/mol. The van der Waals surface area contributed by atoms with Crippen molar-refractivity contribution in [1.29, 1.82) is 0 Å². The molecular formula is C13H23NO4. The molecule has 104 valence electrons. The highest BCUT2D eigenvalue weighted by atomic mass is 16.5. The predicted octanol–water partition coefficient (Wildman–Crippen LogP) is 0.851. The van der Waals surface area contributed by atoms with E-state index in [9.17, 15) is 14.7 Å². The zero-order valence-electron chi connectivity index (χ0n) is 11.1. The molecule has 2 N–H and O–H groups in total. The molecule has 4 atom stereocenters. The van der Waals surface area contributed by atoms with Gasteiger partial charge in [-0.25, -0.2) is 4.79 Å². The average molecular weight is 257 g/mol. The SMILES string of the molecule is CCOC(=O)C(NC=O)C(O)C1CCCC(C)C1. The van der Waals surface area contributed by atoms with Crippen LogP contribution in [0.2, 0.25) is 0 Å². The van der Waals surface area contributed by atoms with Crippen molar-refractivity contribution in [3.63, 3.8) is 0 Å². The molecule has 0 radical (unpaired) electrons. The molecule has 0 aromatic rings. The van der Waals surface area contributed by atoms with Gasteiger partial charge >= 0.3 is 5.97 Å². The molecule has 5 heteroatoms. The minimum atomic E-state index is -0.947. The smallest absolute Gasteiger partial charge is 0.331 e. The Morgan fingerprint density at radius 3 is 2.83 bits per heavy atom. The lowest BCUT2D eigenvalue weighted by Gasteiger charge is -2.33. The number of ether oxygens (including phenoxy) is 1. The largest absolute Gasteiger partial charge is 0.464 e. The number of hydrogen-bond acceptors (Lipinski definition) is 4. The van der Waals surface area contributed by atoms with Crippen molar-refractivity contribution in [3.8, 4) is 0 Å². The minimum Gasteiger partial charge on any atom is -0.464 e. The topological polar surface area (TPSA) is 75.6 Å². The summed E-state index contributed by atoms with van der Waals surface area (Å²) in [6, 6.07) is -0.947. The van der Waals surface area contributed by atoms with E-state index >= 15 is 0 Å². The Kier molecular flexibility index (Phi) is 6.12. The fourth-order valence-electron chi connectivity index (χ4n) is 2.67. The molecular weight excluding hydrogens is 234 g/mol. The fraction of sp³-hybridized carbons (Fsp3) is 0.846. The molecule has 1 saturated carbocycles. The third-order valence-corrected chi connectivity index (χ3v) is 3.59. The molecule has 0 saturated heterocycles. The first-order chi connectivity index (χ1) is 8.60. The maximum Gasteiger partial charge on any atom is 0.331 e. The molecule has 4 unspecified atom stereocenters. The van der Waals surface area contributed by atoms with E-state index in [1.165, 1.54) is 0 Å². The third kappa shape index (κ3) is 3.98. The maximum atomic E-state index is 11.7. The number of aliphatic hydroxyl groups is 1. The Balaban J connectivity index is 2.65. The van der Waals surface area contributed by atoms with Crippen molar-refractivity contribution >= 4 is 12.4 Å². The van der Waals surface area contributed by atoms with Crippen molar-refractivity contribution < 1.29 is 19.4 Å². The van der Waals surface area contributed by atoms with Crippen LogP contribution in [0.15, 0.2) is 0 Å². The standard InChI is InChI=1S/C13H23NO4/c1-3-18-13(17)11(14-8-15)12(16)10-6-4-5-9(2)7-10/h8-12,16H,3-7H2,1-2H3,(H,14,15). The van der Waals surface area contributed by atoms with Crippen LogP contribution < -0.4 is 5.32 Å². The lowest BCUT2D eigenvalue weighted by molar-refractivity contribution is -0.151. The molecule has 0 aromatic carbocycles. The second-order valence-electron chi connectivity index (χ2n) is 5.04. The van der Waals surface area contributed by atoms with E-state index in [4.69, 9.17) is 4.74 Å². The molecule has 0 aromatic heterocycles. The van der Waals surface area contributed by atoms with Crippen LogP contribution in [0.25, 0.3) is 0 Å². The number of carbonyl (C=O) groups is 2. The molecule has 0 aliphatic heterocycles. The van der Waals surface area contributed by atoms with Crippen molar-refractivity contribution in [2.45, 2.75) is 51.7 Å². The Labute approximate surface area is 108 Å². The number of hydrogen-bond donors (Lipinski definition) is 2. The molecule has 1 rings (SSSR count). The van der Waals surface area contributed by atoms with Crippen molar-refractivity contribution in [2.24, 2.45) is 11.8 Å². The van der Waals surface area contributed by atoms with E-state index in [2.05, 4.69) is 12.2 Å². The van der Waals surface area contributed by atoms with Crippen molar-refractivity contribution in [1.82, 2.24) is 5.32 Å². The Morgan fingerprint density at radius 1 is 1.56 bits per heavy atom. The predicted molar refractivity (Wildman–Crippen MR) is 66.7 cm³/mol. The number of amides is 1. The Hall–Kier alpha value is -1.10. The summed E-state index contributed by atoms with van der Waals surface area (Å²) in [5.74, 6) is 0.0448. The summed E-state index contributed by atoms with van der Waals surface area (Å²) in [7, 11) is 0. The van der Waals surface area contributed by atoms with Crippen LogP contribution in [-0.2, 0) is 14.3 Å². The minimum absolute atomic E-state index is 0.0515. The summed E-state index contributed by atoms with van der Waals surface area (Å²) in [6.07, 6.45) is 3.57. The molecule has 0 bridgehead atoms. The van der Waals surface area contributed by atoms with Gasteiger partial charge in [-0.2, -0.15) is 0 Å². The van der Waals surface area contributed by atoms with Crippen molar-refractivity contribution in [2.75, 3.05) is 6.61 Å². The van der Waals surface area contributed by atoms with Gasteiger partial charge in [-0.05, 0) is 31.6 Å². The van der Waals surface area contributed by atoms with Crippen LogP contribution in [0.5, 0.6) is 0 Å². The number of aliphatic hydroxyl groups excluding tert-OH is 1. The van der Waals surface area contributed by atoms with E-state index in [1.54, 1.807) is 6.92 Å². The van der Waals surface area contributed by atoms with Gasteiger partial charge in [0.2, 0.25) is 6.41 Å². The number of carbonyl (C=O) groups excluding carboxylic acids is 2. The van der Waals surface area contributed by atoms with Crippen LogP contribution >= 0.6 is 0 Å². The second kappa shape index (κ2) is 7.36. The third-order valence-electron chi connectivity index (χ3n) is 3.59. The maximum absolute atomic E-state index is 11.7. The summed E-state index contributed by atoms with van der Waals surface area (Å²) >= 11 is 0. The first-order valence-corrected chi connectivity index (χ1v) is 6.64. The van der Waals surface area contributed by atoms with Crippen LogP contribution in [0, 0.1) is 11.8 Å². The van der Waals surface area contributed by atoms with Gasteiger partial charge in [0.25, 0.3) is 0 Å². The molecule has 0 heterocycles. The zero-order valence-corrected chi connectivity index (χ0v) is 11.1. The van der Waals surface area contributed by atoms with E-state index < -0.39 is 18.1 Å². The molecule has 0 spiro atoms. The Morgan fingerprint density at radius 2 is 2.28 bits per heavy atom. The average Bonchev–Trinajstić information content (AvgIpc) is 2.35. The highest BCUT2D eigenvalue weighted by Crippen LogP contribution is 2.31. The van der Waals surface area contributed by atoms with E-state index in [1.807, 2.05) is 0 Å². The molecule has 5 nitrogen and oxygen atoms in total. The van der Waals surface area contributed by atoms with Crippen LogP contribution in [0.1, 0.15) is 39.5 Å². The van der Waals surface area contributed by atoms with Gasteiger partial charge in [-0.1, -0.05) is 19.8 Å². The summed E-state index contributed by atoms with van der Waals surface area (Å²) in [5.41, 5.74) is 0. The lowest BCUT2D eigenvalue weighted by atomic mass is 9.78. The van der Waals surface area contributed by atoms with E-state index in [0.29, 0.717) is 12.3 Å². The van der Waals surface area contributed by atoms with Gasteiger partial charge in [0.05, 0.1) is 12.7 Å². The number of nitrogens with one attached hydrogen (secondary N) is 1. The number of esters is 1. The van der Waals surface area contributed by atoms with Crippen LogP contribution in [0.4, 0.5) is 0 Å². The lowest BCUT2D eigenvalue weighted by Crippen LogP contribution is -2.50. The van der Waals surface area contributed by atoms with Gasteiger partial charge in [0, 0.05) is 0 Å². The second-order valence-corrected chi connectivity index (χ2v) is 5.04. The fourth-order valence-corrected chi connectivity index (χ4v) is 2.67. The van der Waals surface area contributed by atoms with Gasteiger partial charge < -0.3 is 15.2 Å². The van der Waals surface area contributed by atoms with Crippen molar-refractivity contribution in [3.05, 3.63) is 0 Å². The highest BCUT2D eigenvalue weighted by Gasteiger charge is 2.35. The van der Waals surface area contributed by atoms with Crippen LogP contribution in [-0.4, -0.2) is 36.2 Å². The summed E-state index contributed by atoms with van der Waals surface area (Å²) in [6.45, 7) is 4.08. The van der Waals surface area contributed by atoms with Gasteiger partial charge in [0.1, 0.15) is 0 Å². The molecule has 1 amide bonds. The van der Waals surface area contributed by atoms with Gasteiger partial charge in [-0.3, -0.25) is 4.79 Å². The molecule has 18 heavy (non-hydrogen) atoms.